The van der Waals surface area contributed by atoms with Crippen molar-refractivity contribution in [3.8, 4) is 5.75 Å². The average molecular weight is 454 g/mol. The minimum Gasteiger partial charge on any atom is -0.490 e. The number of alkyl halides is 3. The quantitative estimate of drug-likeness (QED) is 0.586. The Bertz CT molecular complexity index is 1140. The standard InChI is InChI=1S/C20H21F3N4O3S/c1-3-4-9-27-16-18(25-8-7-24-16)31-19(27)26-17(29)14-10-13(20(21,22)23)5-6-15(14)30-11-12(2)28/h5-8,10,12,28H,3-4,9,11H2,1-2H3/b26-19-/t12-/m0/s1. The van der Waals surface area contributed by atoms with Crippen LogP contribution in [0.4, 0.5) is 13.2 Å². The fraction of sp³-hybridized carbons (Fsp3) is 0.400. The maximum Gasteiger partial charge on any atom is 0.416 e. The number of aryl methyl sites for hydroxylation is 1. The zero-order valence-corrected chi connectivity index (χ0v) is 17.7. The smallest absolute Gasteiger partial charge is 0.416 e. The monoisotopic (exact) mass is 454 g/mol. The molecule has 0 aliphatic heterocycles. The molecule has 2 aromatic heterocycles. The van der Waals surface area contributed by atoms with Gasteiger partial charge in [-0.05, 0) is 31.5 Å². The van der Waals surface area contributed by atoms with Crippen LogP contribution in [0, 0.1) is 0 Å². The molecule has 31 heavy (non-hydrogen) atoms. The van der Waals surface area contributed by atoms with Gasteiger partial charge in [0.25, 0.3) is 5.91 Å². The van der Waals surface area contributed by atoms with E-state index in [4.69, 9.17) is 4.74 Å². The molecular formula is C20H21F3N4O3S. The van der Waals surface area contributed by atoms with E-state index in [0.717, 1.165) is 36.3 Å². The second-order valence-electron chi connectivity index (χ2n) is 6.86. The summed E-state index contributed by atoms with van der Waals surface area (Å²) in [5, 5.41) is 9.43. The van der Waals surface area contributed by atoms with Crippen LogP contribution in [0.1, 0.15) is 42.6 Å². The lowest BCUT2D eigenvalue weighted by Crippen LogP contribution is -2.19. The van der Waals surface area contributed by atoms with Gasteiger partial charge in [0.1, 0.15) is 12.4 Å². The number of aliphatic hydroxyl groups is 1. The molecule has 2 heterocycles. The molecule has 166 valence electrons. The van der Waals surface area contributed by atoms with E-state index in [1.165, 1.54) is 19.3 Å². The normalized spacial score (nSPS) is 13.5. The summed E-state index contributed by atoms with van der Waals surface area (Å²) in [6.07, 6.45) is -0.761. The molecule has 1 amide bonds. The molecule has 0 spiro atoms. The number of benzene rings is 1. The van der Waals surface area contributed by atoms with Crippen molar-refractivity contribution >= 4 is 27.7 Å². The van der Waals surface area contributed by atoms with Crippen LogP contribution in [0.5, 0.6) is 5.75 Å². The Kier molecular flexibility index (Phi) is 7.06. The van der Waals surface area contributed by atoms with Crippen LogP contribution in [0.3, 0.4) is 0 Å². The summed E-state index contributed by atoms with van der Waals surface area (Å²) in [5.41, 5.74) is -0.771. The molecule has 1 atom stereocenters. The highest BCUT2D eigenvalue weighted by molar-refractivity contribution is 7.15. The highest BCUT2D eigenvalue weighted by atomic mass is 32.1. The van der Waals surface area contributed by atoms with Crippen molar-refractivity contribution in [1.29, 1.82) is 0 Å². The van der Waals surface area contributed by atoms with Crippen LogP contribution in [0.15, 0.2) is 35.6 Å². The predicted octanol–water partition coefficient (Wildman–Crippen LogP) is 3.81. The van der Waals surface area contributed by atoms with E-state index < -0.39 is 23.8 Å². The number of hydrogen-bond donors (Lipinski definition) is 1. The van der Waals surface area contributed by atoms with Gasteiger partial charge in [-0.3, -0.25) is 9.36 Å². The molecule has 3 rings (SSSR count). The Labute approximate surface area is 179 Å². The predicted molar refractivity (Wildman–Crippen MR) is 109 cm³/mol. The molecule has 11 heteroatoms. The van der Waals surface area contributed by atoms with Gasteiger partial charge in [0.05, 0.1) is 17.2 Å². The first kappa shape index (κ1) is 22.9. The lowest BCUT2D eigenvalue weighted by Gasteiger charge is -2.13. The van der Waals surface area contributed by atoms with Crippen molar-refractivity contribution in [2.24, 2.45) is 4.99 Å². The SMILES string of the molecule is CCCCn1/c(=N/C(=O)c2cc(C(F)(F)F)ccc2OC[C@H](C)O)sc2nccnc21. The molecule has 0 radical (unpaired) electrons. The maximum absolute atomic E-state index is 13.2. The van der Waals surface area contributed by atoms with E-state index in [-0.39, 0.29) is 17.9 Å². The molecule has 0 fully saturated rings. The Hall–Kier alpha value is -2.79. The molecule has 0 saturated heterocycles. The Morgan fingerprint density at radius 2 is 2.06 bits per heavy atom. The van der Waals surface area contributed by atoms with E-state index in [1.807, 2.05) is 6.92 Å². The van der Waals surface area contributed by atoms with E-state index in [0.29, 0.717) is 27.9 Å². The van der Waals surface area contributed by atoms with Crippen LogP contribution in [0.25, 0.3) is 10.5 Å². The van der Waals surface area contributed by atoms with E-state index in [2.05, 4.69) is 15.0 Å². The lowest BCUT2D eigenvalue weighted by molar-refractivity contribution is -0.137. The van der Waals surface area contributed by atoms with Gasteiger partial charge >= 0.3 is 6.18 Å². The number of carbonyl (C=O) groups is 1. The minimum atomic E-state index is -4.63. The number of amides is 1. The Morgan fingerprint density at radius 3 is 2.74 bits per heavy atom. The van der Waals surface area contributed by atoms with Crippen LogP contribution in [0.2, 0.25) is 0 Å². The first-order chi connectivity index (χ1) is 14.7. The van der Waals surface area contributed by atoms with Crippen molar-refractivity contribution in [3.63, 3.8) is 0 Å². The Morgan fingerprint density at radius 1 is 1.32 bits per heavy atom. The highest BCUT2D eigenvalue weighted by Gasteiger charge is 2.32. The highest BCUT2D eigenvalue weighted by Crippen LogP contribution is 2.33. The number of nitrogens with zero attached hydrogens (tertiary/aromatic N) is 4. The van der Waals surface area contributed by atoms with E-state index in [1.54, 1.807) is 4.57 Å². The molecule has 3 aromatic rings. The van der Waals surface area contributed by atoms with Gasteiger partial charge in [0.15, 0.2) is 15.3 Å². The van der Waals surface area contributed by atoms with Crippen molar-refractivity contribution in [3.05, 3.63) is 46.5 Å². The van der Waals surface area contributed by atoms with Crippen LogP contribution in [-0.2, 0) is 12.7 Å². The number of carbonyl (C=O) groups excluding carboxylic acids is 1. The van der Waals surface area contributed by atoms with Gasteiger partial charge < -0.3 is 9.84 Å². The largest absolute Gasteiger partial charge is 0.490 e. The van der Waals surface area contributed by atoms with Gasteiger partial charge in [-0.2, -0.15) is 18.2 Å². The molecule has 7 nitrogen and oxygen atoms in total. The summed E-state index contributed by atoms with van der Waals surface area (Å²) in [5.74, 6) is -0.969. The average Bonchev–Trinajstić information content (AvgIpc) is 3.06. The number of unbranched alkanes of at least 4 members (excludes halogenated alkanes) is 1. The van der Waals surface area contributed by atoms with Crippen molar-refractivity contribution in [2.45, 2.75) is 45.5 Å². The van der Waals surface area contributed by atoms with Gasteiger partial charge in [0.2, 0.25) is 0 Å². The number of thiazole rings is 1. The number of fused-ring (bicyclic) bond motifs is 1. The molecular weight excluding hydrogens is 433 g/mol. The molecule has 0 saturated carbocycles. The number of hydrogen-bond acceptors (Lipinski definition) is 6. The number of ether oxygens (including phenoxy) is 1. The van der Waals surface area contributed by atoms with E-state index >= 15 is 0 Å². The second kappa shape index (κ2) is 9.56. The summed E-state index contributed by atoms with van der Waals surface area (Å²) >= 11 is 1.13. The minimum absolute atomic E-state index is 0.0832. The maximum atomic E-state index is 13.2. The van der Waals surface area contributed by atoms with Crippen molar-refractivity contribution in [2.75, 3.05) is 6.61 Å². The molecule has 0 bridgehead atoms. The van der Waals surface area contributed by atoms with Gasteiger partial charge in [-0.15, -0.1) is 0 Å². The topological polar surface area (TPSA) is 89.6 Å². The van der Waals surface area contributed by atoms with Crippen molar-refractivity contribution < 1.29 is 27.8 Å². The third kappa shape index (κ3) is 5.47. The number of rotatable bonds is 7. The Balaban J connectivity index is 2.10. The summed E-state index contributed by atoms with van der Waals surface area (Å²) in [7, 11) is 0. The molecule has 1 N–H and O–H groups in total. The number of halogens is 3. The fourth-order valence-corrected chi connectivity index (χ4v) is 3.72. The van der Waals surface area contributed by atoms with Gasteiger partial charge in [0, 0.05) is 18.9 Å². The fourth-order valence-electron chi connectivity index (χ4n) is 2.76. The molecule has 1 aromatic carbocycles. The van der Waals surface area contributed by atoms with Gasteiger partial charge in [-0.25, -0.2) is 9.97 Å². The summed E-state index contributed by atoms with van der Waals surface area (Å²) < 4.78 is 46.7. The number of aromatic nitrogens is 3. The third-order valence-corrected chi connectivity index (χ3v) is 5.25. The zero-order chi connectivity index (χ0) is 22.6. The summed E-state index contributed by atoms with van der Waals surface area (Å²) in [4.78, 5) is 26.4. The zero-order valence-electron chi connectivity index (χ0n) is 16.9. The molecule has 0 aliphatic carbocycles. The first-order valence-electron chi connectivity index (χ1n) is 9.62. The van der Waals surface area contributed by atoms with Crippen LogP contribution >= 0.6 is 11.3 Å². The lowest BCUT2D eigenvalue weighted by atomic mass is 10.1. The van der Waals surface area contributed by atoms with Gasteiger partial charge in [-0.1, -0.05) is 24.7 Å². The third-order valence-electron chi connectivity index (χ3n) is 4.27. The van der Waals surface area contributed by atoms with Crippen molar-refractivity contribution in [1.82, 2.24) is 14.5 Å². The van der Waals surface area contributed by atoms with Crippen LogP contribution < -0.4 is 9.54 Å². The molecule has 0 unspecified atom stereocenters. The second-order valence-corrected chi connectivity index (χ2v) is 7.82. The summed E-state index contributed by atoms with van der Waals surface area (Å²) in [6.45, 7) is 3.83. The summed E-state index contributed by atoms with van der Waals surface area (Å²) in [6, 6.07) is 2.60. The first-order valence-corrected chi connectivity index (χ1v) is 10.4. The van der Waals surface area contributed by atoms with E-state index in [9.17, 15) is 23.1 Å². The number of aliphatic hydroxyl groups excluding tert-OH is 1. The van der Waals surface area contributed by atoms with Crippen LogP contribution in [-0.4, -0.2) is 38.3 Å². The molecule has 0 aliphatic rings.